The fourth-order valence-electron chi connectivity index (χ4n) is 1.12. The lowest BCUT2D eigenvalue weighted by Crippen LogP contribution is -2.30. The van der Waals surface area contributed by atoms with E-state index in [4.69, 9.17) is 5.11 Å². The van der Waals surface area contributed by atoms with E-state index in [0.29, 0.717) is 0 Å². The maximum atomic E-state index is 13.2. The van der Waals surface area contributed by atoms with Gasteiger partial charge in [-0.1, -0.05) is 13.8 Å². The van der Waals surface area contributed by atoms with E-state index in [0.717, 1.165) is 12.3 Å². The monoisotopic (exact) mass is 216 g/mol. The molecule has 1 heterocycles. The maximum absolute atomic E-state index is 13.2. The minimum Gasteiger partial charge on any atom is -0.394 e. The van der Waals surface area contributed by atoms with E-state index in [2.05, 4.69) is 10.3 Å². The smallest absolute Gasteiger partial charge is 0.168 e. The fraction of sp³-hybridized carbons (Fsp3) is 0.500. The van der Waals surface area contributed by atoms with Crippen molar-refractivity contribution in [3.8, 4) is 0 Å². The van der Waals surface area contributed by atoms with Gasteiger partial charge in [-0.3, -0.25) is 0 Å². The highest BCUT2D eigenvalue weighted by Crippen LogP contribution is 2.14. The SMILES string of the molecule is CC(C)[C@@H](CO)Nc1ncc(F)cc1F. The molecule has 15 heavy (non-hydrogen) atoms. The molecule has 0 unspecified atom stereocenters. The minimum absolute atomic E-state index is 0.0378. The third-order valence-electron chi connectivity index (χ3n) is 2.13. The van der Waals surface area contributed by atoms with Gasteiger partial charge in [0.1, 0.15) is 5.82 Å². The van der Waals surface area contributed by atoms with Gasteiger partial charge in [-0.25, -0.2) is 13.8 Å². The molecule has 0 saturated heterocycles. The summed E-state index contributed by atoms with van der Waals surface area (Å²) in [4.78, 5) is 3.58. The molecule has 1 rings (SSSR count). The lowest BCUT2D eigenvalue weighted by molar-refractivity contribution is 0.248. The summed E-state index contributed by atoms with van der Waals surface area (Å²) in [6.45, 7) is 3.64. The third-order valence-corrected chi connectivity index (χ3v) is 2.13. The first-order chi connectivity index (χ1) is 7.04. The van der Waals surface area contributed by atoms with Crippen LogP contribution >= 0.6 is 0 Å². The van der Waals surface area contributed by atoms with Gasteiger partial charge in [-0.05, 0) is 5.92 Å². The van der Waals surface area contributed by atoms with E-state index in [9.17, 15) is 8.78 Å². The van der Waals surface area contributed by atoms with Crippen molar-refractivity contribution in [3.63, 3.8) is 0 Å². The second-order valence-electron chi connectivity index (χ2n) is 3.66. The van der Waals surface area contributed by atoms with E-state index < -0.39 is 11.6 Å². The summed E-state index contributed by atoms with van der Waals surface area (Å²) >= 11 is 0. The molecule has 0 aliphatic carbocycles. The summed E-state index contributed by atoms with van der Waals surface area (Å²) in [5.74, 6) is -1.39. The van der Waals surface area contributed by atoms with Crippen LogP contribution in [0.4, 0.5) is 14.6 Å². The quantitative estimate of drug-likeness (QED) is 0.806. The minimum atomic E-state index is -0.755. The molecule has 0 aliphatic heterocycles. The van der Waals surface area contributed by atoms with Crippen LogP contribution in [0.25, 0.3) is 0 Å². The second-order valence-corrected chi connectivity index (χ2v) is 3.66. The zero-order valence-corrected chi connectivity index (χ0v) is 8.67. The number of rotatable bonds is 4. The molecule has 1 aromatic heterocycles. The topological polar surface area (TPSA) is 45.1 Å². The molecule has 0 saturated carbocycles. The van der Waals surface area contributed by atoms with Gasteiger partial charge < -0.3 is 10.4 Å². The average Bonchev–Trinajstić information content (AvgIpc) is 2.16. The van der Waals surface area contributed by atoms with Crippen LogP contribution in [0.2, 0.25) is 0 Å². The Morgan fingerprint density at radius 1 is 1.47 bits per heavy atom. The predicted molar refractivity (Wildman–Crippen MR) is 53.5 cm³/mol. The summed E-state index contributed by atoms with van der Waals surface area (Å²) in [5, 5.41) is 11.7. The van der Waals surface area contributed by atoms with E-state index in [1.54, 1.807) is 0 Å². The largest absolute Gasteiger partial charge is 0.394 e. The van der Waals surface area contributed by atoms with Crippen LogP contribution in [-0.2, 0) is 0 Å². The van der Waals surface area contributed by atoms with E-state index in [1.165, 1.54) is 0 Å². The van der Waals surface area contributed by atoms with Crippen molar-refractivity contribution in [1.29, 1.82) is 0 Å². The van der Waals surface area contributed by atoms with Crippen LogP contribution in [0.1, 0.15) is 13.8 Å². The van der Waals surface area contributed by atoms with Gasteiger partial charge in [0, 0.05) is 6.07 Å². The van der Waals surface area contributed by atoms with Crippen LogP contribution in [0.3, 0.4) is 0 Å². The first kappa shape index (κ1) is 11.8. The fourth-order valence-corrected chi connectivity index (χ4v) is 1.12. The number of aliphatic hydroxyl groups excluding tert-OH is 1. The van der Waals surface area contributed by atoms with Gasteiger partial charge in [0.2, 0.25) is 0 Å². The molecule has 1 aromatic rings. The van der Waals surface area contributed by atoms with Gasteiger partial charge in [-0.2, -0.15) is 0 Å². The van der Waals surface area contributed by atoms with Gasteiger partial charge >= 0.3 is 0 Å². The van der Waals surface area contributed by atoms with Crippen molar-refractivity contribution in [3.05, 3.63) is 23.9 Å². The van der Waals surface area contributed by atoms with Crippen LogP contribution in [0, 0.1) is 17.6 Å². The van der Waals surface area contributed by atoms with Gasteiger partial charge in [0.25, 0.3) is 0 Å². The Bertz CT molecular complexity index is 331. The molecule has 0 bridgehead atoms. The van der Waals surface area contributed by atoms with Crippen LogP contribution < -0.4 is 5.32 Å². The average molecular weight is 216 g/mol. The zero-order valence-electron chi connectivity index (χ0n) is 8.67. The van der Waals surface area contributed by atoms with Crippen molar-refractivity contribution in [1.82, 2.24) is 4.98 Å². The number of aromatic nitrogens is 1. The van der Waals surface area contributed by atoms with Crippen molar-refractivity contribution in [2.75, 3.05) is 11.9 Å². The molecule has 5 heteroatoms. The Kier molecular flexibility index (Phi) is 3.96. The summed E-state index contributed by atoms with van der Waals surface area (Å²) < 4.78 is 25.7. The lowest BCUT2D eigenvalue weighted by atomic mass is 10.1. The van der Waals surface area contributed by atoms with E-state index in [1.807, 2.05) is 13.8 Å². The van der Waals surface area contributed by atoms with Crippen molar-refractivity contribution in [2.24, 2.45) is 5.92 Å². The molecular formula is C10H14F2N2O. The predicted octanol–water partition coefficient (Wildman–Crippen LogP) is 1.79. The zero-order chi connectivity index (χ0) is 11.4. The molecule has 1 atom stereocenters. The Labute approximate surface area is 87.2 Å². The molecule has 0 amide bonds. The van der Waals surface area contributed by atoms with Gasteiger partial charge in [0.05, 0.1) is 18.8 Å². The first-order valence-electron chi connectivity index (χ1n) is 4.73. The molecule has 0 radical (unpaired) electrons. The molecule has 0 aliphatic rings. The first-order valence-corrected chi connectivity index (χ1v) is 4.73. The van der Waals surface area contributed by atoms with Gasteiger partial charge in [-0.15, -0.1) is 0 Å². The van der Waals surface area contributed by atoms with Gasteiger partial charge in [0.15, 0.2) is 11.6 Å². The number of halogens is 2. The van der Waals surface area contributed by atoms with Crippen LogP contribution in [0.5, 0.6) is 0 Å². The van der Waals surface area contributed by atoms with Crippen molar-refractivity contribution >= 4 is 5.82 Å². The summed E-state index contributed by atoms with van der Waals surface area (Å²) in [6.07, 6.45) is 0.931. The number of nitrogens with one attached hydrogen (secondary N) is 1. The van der Waals surface area contributed by atoms with Crippen molar-refractivity contribution < 1.29 is 13.9 Å². The molecule has 3 nitrogen and oxygen atoms in total. The Hall–Kier alpha value is -1.23. The summed E-state index contributed by atoms with van der Waals surface area (Å²) in [6, 6.07) is 0.460. The summed E-state index contributed by atoms with van der Waals surface area (Å²) in [5.41, 5.74) is 0. The van der Waals surface area contributed by atoms with Crippen LogP contribution in [-0.4, -0.2) is 22.7 Å². The third kappa shape index (κ3) is 3.13. The molecule has 0 spiro atoms. The Morgan fingerprint density at radius 3 is 2.60 bits per heavy atom. The highest BCUT2D eigenvalue weighted by atomic mass is 19.1. The number of nitrogens with zero attached hydrogens (tertiary/aromatic N) is 1. The van der Waals surface area contributed by atoms with E-state index >= 15 is 0 Å². The second kappa shape index (κ2) is 5.02. The molecule has 84 valence electrons. The standard InChI is InChI=1S/C10H14F2N2O/c1-6(2)9(5-15)14-10-8(12)3-7(11)4-13-10/h3-4,6,9,15H,5H2,1-2H3,(H,13,14)/t9-/m1/s1. The van der Waals surface area contributed by atoms with Crippen molar-refractivity contribution in [2.45, 2.75) is 19.9 Å². The molecule has 0 fully saturated rings. The molecular weight excluding hydrogens is 202 g/mol. The Morgan fingerprint density at radius 2 is 2.13 bits per heavy atom. The Balaban J connectivity index is 2.79. The number of hydrogen-bond acceptors (Lipinski definition) is 3. The van der Waals surface area contributed by atoms with Crippen LogP contribution in [0.15, 0.2) is 12.3 Å². The normalized spacial score (nSPS) is 12.9. The number of aliphatic hydroxyl groups is 1. The lowest BCUT2D eigenvalue weighted by Gasteiger charge is -2.20. The molecule has 0 aromatic carbocycles. The highest BCUT2D eigenvalue weighted by Gasteiger charge is 2.14. The highest BCUT2D eigenvalue weighted by molar-refractivity contribution is 5.37. The number of anilines is 1. The molecule has 2 N–H and O–H groups in total. The van der Waals surface area contributed by atoms with E-state index in [-0.39, 0.29) is 24.4 Å². The maximum Gasteiger partial charge on any atom is 0.168 e. The number of pyridine rings is 1. The number of hydrogen-bond donors (Lipinski definition) is 2. The summed E-state index contributed by atoms with van der Waals surface area (Å²) in [7, 11) is 0.